The fraction of sp³-hybridized carbons (Fsp3) is 0.441. The average Bonchev–Trinajstić information content (AvgIpc) is 3.52. The molecule has 7 rings (SSSR count). The fourth-order valence-electron chi connectivity index (χ4n) is 7.08. The minimum atomic E-state index is -0.689. The van der Waals surface area contributed by atoms with Crippen molar-refractivity contribution in [1.82, 2.24) is 19.9 Å². The van der Waals surface area contributed by atoms with E-state index in [1.54, 1.807) is 24.4 Å². The summed E-state index contributed by atoms with van der Waals surface area (Å²) in [5.74, 6) is 2.10. The smallest absolute Gasteiger partial charge is 0.319 e. The van der Waals surface area contributed by atoms with Gasteiger partial charge < -0.3 is 23.8 Å². The van der Waals surface area contributed by atoms with Crippen molar-refractivity contribution in [2.45, 2.75) is 37.6 Å². The molecule has 0 spiro atoms. The Morgan fingerprint density at radius 3 is 2.67 bits per heavy atom. The second kappa shape index (κ2) is 12.4. The Kier molecular flexibility index (Phi) is 8.12. The quantitative estimate of drug-likeness (QED) is 0.193. The number of terminal acetylenes is 1. The Morgan fingerprint density at radius 2 is 1.87 bits per heavy atom. The Labute approximate surface area is 260 Å². The van der Waals surface area contributed by atoms with E-state index in [4.69, 9.17) is 30.4 Å². The third kappa shape index (κ3) is 5.41. The van der Waals surface area contributed by atoms with Crippen LogP contribution in [0.3, 0.4) is 0 Å². The standard InChI is InChI=1S/C34H35F2N5O4/c1-3-24-27(35)8-7-22-17-23(45-21-42-2)18-25(28(22)24)30-29(36)31-26(19-37-30)32(40-11-6-15-43-16-14-40)39-33(38-31)44-20-34-9-4-12-41(34)13-5-10-34/h1,7-8,17-19H,4-6,9-16,20-21H2,2H3. The van der Waals surface area contributed by atoms with Crippen LogP contribution in [0.5, 0.6) is 11.8 Å². The number of benzene rings is 2. The molecule has 2 aromatic carbocycles. The van der Waals surface area contributed by atoms with Gasteiger partial charge in [0, 0.05) is 44.0 Å². The zero-order valence-electron chi connectivity index (χ0n) is 25.3. The van der Waals surface area contributed by atoms with E-state index in [1.165, 1.54) is 13.2 Å². The maximum Gasteiger partial charge on any atom is 0.319 e. The van der Waals surface area contributed by atoms with E-state index in [0.717, 1.165) is 45.2 Å². The van der Waals surface area contributed by atoms with E-state index in [2.05, 4.69) is 25.7 Å². The minimum absolute atomic E-state index is 0.0102. The average molecular weight is 616 g/mol. The van der Waals surface area contributed by atoms with Gasteiger partial charge in [0.1, 0.15) is 35.2 Å². The molecule has 3 aliphatic heterocycles. The van der Waals surface area contributed by atoms with Gasteiger partial charge in [-0.2, -0.15) is 9.97 Å². The van der Waals surface area contributed by atoms with Crippen LogP contribution in [0.2, 0.25) is 0 Å². The second-order valence-electron chi connectivity index (χ2n) is 11.9. The van der Waals surface area contributed by atoms with Crippen LogP contribution in [-0.2, 0) is 9.47 Å². The molecular formula is C34H35F2N5O4. The number of anilines is 1. The maximum absolute atomic E-state index is 16.9. The summed E-state index contributed by atoms with van der Waals surface area (Å²) in [4.78, 5) is 18.6. The van der Waals surface area contributed by atoms with E-state index in [-0.39, 0.29) is 40.7 Å². The first-order valence-electron chi connectivity index (χ1n) is 15.4. The summed E-state index contributed by atoms with van der Waals surface area (Å²) in [6.07, 6.45) is 12.5. The van der Waals surface area contributed by atoms with Gasteiger partial charge in [0.2, 0.25) is 0 Å². The third-order valence-corrected chi connectivity index (χ3v) is 9.23. The Balaban J connectivity index is 1.39. The van der Waals surface area contributed by atoms with Crippen LogP contribution < -0.4 is 14.4 Å². The van der Waals surface area contributed by atoms with Crippen LogP contribution in [0.1, 0.15) is 37.7 Å². The lowest BCUT2D eigenvalue weighted by molar-refractivity contribution is 0.0512. The summed E-state index contributed by atoms with van der Waals surface area (Å²) in [6.45, 7) is 4.96. The van der Waals surface area contributed by atoms with E-state index < -0.39 is 11.6 Å². The first-order valence-corrected chi connectivity index (χ1v) is 15.4. The first-order chi connectivity index (χ1) is 22.0. The van der Waals surface area contributed by atoms with E-state index in [0.29, 0.717) is 60.6 Å². The van der Waals surface area contributed by atoms with Crippen molar-refractivity contribution in [2.24, 2.45) is 0 Å². The van der Waals surface area contributed by atoms with Crippen LogP contribution in [0.15, 0.2) is 30.5 Å². The monoisotopic (exact) mass is 615 g/mol. The molecule has 3 fully saturated rings. The number of ether oxygens (including phenoxy) is 4. The molecule has 45 heavy (non-hydrogen) atoms. The van der Waals surface area contributed by atoms with Crippen molar-refractivity contribution >= 4 is 27.5 Å². The highest BCUT2D eigenvalue weighted by molar-refractivity contribution is 6.03. The lowest BCUT2D eigenvalue weighted by Gasteiger charge is -2.31. The zero-order chi connectivity index (χ0) is 31.0. The Morgan fingerprint density at radius 1 is 1.02 bits per heavy atom. The molecule has 0 N–H and O–H groups in total. The number of fused-ring (bicyclic) bond motifs is 3. The van der Waals surface area contributed by atoms with Crippen LogP contribution >= 0.6 is 0 Å². The number of hydrogen-bond donors (Lipinski definition) is 0. The van der Waals surface area contributed by atoms with Gasteiger partial charge in [-0.25, -0.2) is 8.78 Å². The van der Waals surface area contributed by atoms with Gasteiger partial charge in [0.25, 0.3) is 0 Å². The van der Waals surface area contributed by atoms with E-state index in [9.17, 15) is 4.39 Å². The number of nitrogens with zero attached hydrogens (tertiary/aromatic N) is 5. The molecule has 0 aliphatic carbocycles. The highest BCUT2D eigenvalue weighted by Gasteiger charge is 2.45. The number of methoxy groups -OCH3 is 1. The molecule has 2 aromatic heterocycles. The third-order valence-electron chi connectivity index (χ3n) is 9.23. The maximum atomic E-state index is 16.9. The molecule has 11 heteroatoms. The SMILES string of the molecule is C#Cc1c(F)ccc2cc(OCOC)cc(-c3ncc4c(N5CCCOCC5)nc(OCC56CCCN5CCC6)nc4c3F)c12. The van der Waals surface area contributed by atoms with Gasteiger partial charge in [-0.3, -0.25) is 9.88 Å². The molecule has 234 valence electrons. The predicted octanol–water partition coefficient (Wildman–Crippen LogP) is 5.32. The van der Waals surface area contributed by atoms with E-state index in [1.807, 2.05) is 0 Å². The molecule has 4 aromatic rings. The molecule has 0 atom stereocenters. The van der Waals surface area contributed by atoms with Crippen molar-refractivity contribution in [3.63, 3.8) is 0 Å². The molecule has 3 aliphatic rings. The first kappa shape index (κ1) is 29.6. The number of halogens is 2. The number of aromatic nitrogens is 3. The minimum Gasteiger partial charge on any atom is -0.468 e. The molecule has 0 unspecified atom stereocenters. The van der Waals surface area contributed by atoms with Gasteiger partial charge in [-0.1, -0.05) is 12.0 Å². The summed E-state index contributed by atoms with van der Waals surface area (Å²) in [5.41, 5.74) is 0.281. The van der Waals surface area contributed by atoms with Crippen LogP contribution in [0.4, 0.5) is 14.6 Å². The highest BCUT2D eigenvalue weighted by atomic mass is 19.1. The lowest BCUT2D eigenvalue weighted by Crippen LogP contribution is -2.43. The summed E-state index contributed by atoms with van der Waals surface area (Å²) in [7, 11) is 1.50. The molecular weight excluding hydrogens is 580 g/mol. The fourth-order valence-corrected chi connectivity index (χ4v) is 7.08. The van der Waals surface area contributed by atoms with Crippen molar-refractivity contribution < 1.29 is 27.7 Å². The normalized spacial score (nSPS) is 18.2. The van der Waals surface area contributed by atoms with Gasteiger partial charge in [0.05, 0.1) is 23.1 Å². The molecule has 3 saturated heterocycles. The van der Waals surface area contributed by atoms with E-state index >= 15 is 4.39 Å². The summed E-state index contributed by atoms with van der Waals surface area (Å²) < 4.78 is 54.7. The van der Waals surface area contributed by atoms with Crippen molar-refractivity contribution in [3.8, 4) is 35.4 Å². The molecule has 0 radical (unpaired) electrons. The second-order valence-corrected chi connectivity index (χ2v) is 11.9. The van der Waals surface area contributed by atoms with Gasteiger partial charge in [-0.15, -0.1) is 6.42 Å². The molecule has 5 heterocycles. The van der Waals surface area contributed by atoms with Crippen LogP contribution in [-0.4, -0.2) is 85.3 Å². The van der Waals surface area contributed by atoms with Gasteiger partial charge in [0.15, 0.2) is 12.6 Å². The van der Waals surface area contributed by atoms with Crippen LogP contribution in [0, 0.1) is 24.0 Å². The molecule has 0 saturated carbocycles. The van der Waals surface area contributed by atoms with Gasteiger partial charge >= 0.3 is 6.01 Å². The molecule has 0 amide bonds. The van der Waals surface area contributed by atoms with Crippen molar-refractivity contribution in [3.05, 3.63) is 47.7 Å². The highest BCUT2D eigenvalue weighted by Crippen LogP contribution is 2.41. The predicted molar refractivity (Wildman–Crippen MR) is 167 cm³/mol. The van der Waals surface area contributed by atoms with Crippen molar-refractivity contribution in [1.29, 1.82) is 0 Å². The Bertz CT molecular complexity index is 1780. The topological polar surface area (TPSA) is 82.1 Å². The number of rotatable bonds is 8. The zero-order valence-corrected chi connectivity index (χ0v) is 25.3. The van der Waals surface area contributed by atoms with Crippen molar-refractivity contribution in [2.75, 3.05) is 64.8 Å². The number of hydrogen-bond acceptors (Lipinski definition) is 9. The summed E-state index contributed by atoms with van der Waals surface area (Å²) >= 11 is 0. The largest absolute Gasteiger partial charge is 0.468 e. The molecule has 9 nitrogen and oxygen atoms in total. The summed E-state index contributed by atoms with van der Waals surface area (Å²) in [5, 5.41) is 1.37. The Hall–Kier alpha value is -4.11. The number of pyridine rings is 1. The summed E-state index contributed by atoms with van der Waals surface area (Å²) in [6, 6.07) is 6.28. The molecule has 0 bridgehead atoms. The van der Waals surface area contributed by atoms with Gasteiger partial charge in [-0.05, 0) is 68.8 Å². The van der Waals surface area contributed by atoms with Crippen LogP contribution in [0.25, 0.3) is 32.9 Å². The lowest BCUT2D eigenvalue weighted by atomic mass is 9.95.